The molecule has 1 atom stereocenters. The van der Waals surface area contributed by atoms with Crippen LogP contribution in [0.25, 0.3) is 0 Å². The SMILES string of the molecule is CN(C(=O)N[C@H](CC(N)=O)C(=O)O)C(C)(C)CO. The third-order valence-electron chi connectivity index (χ3n) is 2.60. The second-order valence-electron chi connectivity index (χ2n) is 4.54. The number of hydrogen-bond acceptors (Lipinski definition) is 4. The Morgan fingerprint density at radius 1 is 1.39 bits per heavy atom. The van der Waals surface area contributed by atoms with Crippen molar-refractivity contribution in [3.63, 3.8) is 0 Å². The summed E-state index contributed by atoms with van der Waals surface area (Å²) in [6.07, 6.45) is -0.492. The highest BCUT2D eigenvalue weighted by Gasteiger charge is 2.30. The number of aliphatic hydroxyl groups is 1. The van der Waals surface area contributed by atoms with E-state index in [2.05, 4.69) is 5.32 Å². The molecule has 0 aliphatic carbocycles. The molecule has 0 fully saturated rings. The number of carbonyl (C=O) groups is 3. The van der Waals surface area contributed by atoms with Gasteiger partial charge in [0.25, 0.3) is 0 Å². The molecule has 0 aromatic heterocycles. The number of likely N-dealkylation sites (N-methyl/N-ethyl adjacent to an activating group) is 1. The van der Waals surface area contributed by atoms with Crippen LogP contribution in [0.1, 0.15) is 20.3 Å². The summed E-state index contributed by atoms with van der Waals surface area (Å²) >= 11 is 0. The maximum atomic E-state index is 11.7. The van der Waals surface area contributed by atoms with Crippen molar-refractivity contribution in [2.45, 2.75) is 31.8 Å². The Hall–Kier alpha value is -1.83. The van der Waals surface area contributed by atoms with E-state index in [0.29, 0.717) is 0 Å². The molecule has 3 amide bonds. The van der Waals surface area contributed by atoms with Crippen LogP contribution in [0, 0.1) is 0 Å². The molecule has 0 saturated heterocycles. The first kappa shape index (κ1) is 16.2. The van der Waals surface area contributed by atoms with E-state index < -0.39 is 35.9 Å². The van der Waals surface area contributed by atoms with E-state index in [-0.39, 0.29) is 6.61 Å². The fourth-order valence-electron chi connectivity index (χ4n) is 1.03. The molecule has 8 nitrogen and oxygen atoms in total. The molecule has 0 bridgehead atoms. The van der Waals surface area contributed by atoms with Crippen LogP contribution >= 0.6 is 0 Å². The average molecular weight is 261 g/mol. The Bertz CT molecular complexity index is 342. The minimum absolute atomic E-state index is 0.287. The molecule has 0 rings (SSSR count). The second-order valence-corrected chi connectivity index (χ2v) is 4.54. The highest BCUT2D eigenvalue weighted by Crippen LogP contribution is 2.11. The molecule has 0 radical (unpaired) electrons. The number of rotatable bonds is 6. The number of nitrogens with one attached hydrogen (secondary N) is 1. The van der Waals surface area contributed by atoms with E-state index >= 15 is 0 Å². The zero-order valence-electron chi connectivity index (χ0n) is 10.6. The Kier molecular flexibility index (Phi) is 5.57. The molecule has 104 valence electrons. The number of aliphatic carboxylic acids is 1. The predicted molar refractivity (Wildman–Crippen MR) is 62.7 cm³/mol. The Morgan fingerprint density at radius 2 is 1.89 bits per heavy atom. The normalized spacial score (nSPS) is 12.7. The van der Waals surface area contributed by atoms with E-state index in [9.17, 15) is 14.4 Å². The van der Waals surface area contributed by atoms with Crippen molar-refractivity contribution in [2.24, 2.45) is 5.73 Å². The number of aliphatic hydroxyl groups excluding tert-OH is 1. The molecular formula is C10H19N3O5. The van der Waals surface area contributed by atoms with Crippen LogP contribution in [0.3, 0.4) is 0 Å². The van der Waals surface area contributed by atoms with Gasteiger partial charge in [-0.2, -0.15) is 0 Å². The molecule has 0 aliphatic rings. The first-order valence-corrected chi connectivity index (χ1v) is 5.28. The summed E-state index contributed by atoms with van der Waals surface area (Å²) in [7, 11) is 1.41. The van der Waals surface area contributed by atoms with Gasteiger partial charge in [0.05, 0.1) is 18.6 Å². The summed E-state index contributed by atoms with van der Waals surface area (Å²) < 4.78 is 0. The Labute approximate surface area is 105 Å². The van der Waals surface area contributed by atoms with Gasteiger partial charge in [0.1, 0.15) is 6.04 Å². The smallest absolute Gasteiger partial charge is 0.326 e. The van der Waals surface area contributed by atoms with Crippen molar-refractivity contribution in [1.82, 2.24) is 10.2 Å². The third-order valence-corrected chi connectivity index (χ3v) is 2.60. The van der Waals surface area contributed by atoms with Crippen LogP contribution in [-0.2, 0) is 9.59 Å². The zero-order valence-corrected chi connectivity index (χ0v) is 10.6. The molecule has 0 saturated carbocycles. The molecule has 0 aromatic rings. The lowest BCUT2D eigenvalue weighted by Crippen LogP contribution is -2.55. The summed E-state index contributed by atoms with van der Waals surface area (Å²) in [5, 5.41) is 20.1. The summed E-state index contributed by atoms with van der Waals surface area (Å²) in [5.41, 5.74) is 4.04. The second kappa shape index (κ2) is 6.20. The minimum Gasteiger partial charge on any atom is -0.480 e. The first-order valence-electron chi connectivity index (χ1n) is 5.28. The lowest BCUT2D eigenvalue weighted by molar-refractivity contribution is -0.141. The fraction of sp³-hybridized carbons (Fsp3) is 0.700. The van der Waals surface area contributed by atoms with Crippen LogP contribution in [0.15, 0.2) is 0 Å². The van der Waals surface area contributed by atoms with E-state index in [1.165, 1.54) is 7.05 Å². The average Bonchev–Trinajstić information content (AvgIpc) is 2.26. The quantitative estimate of drug-likeness (QED) is 0.473. The van der Waals surface area contributed by atoms with Crippen molar-refractivity contribution in [2.75, 3.05) is 13.7 Å². The van der Waals surface area contributed by atoms with Crippen molar-refractivity contribution < 1.29 is 24.6 Å². The summed E-state index contributed by atoms with van der Waals surface area (Å²) in [4.78, 5) is 34.4. The number of carbonyl (C=O) groups excluding carboxylic acids is 2. The maximum absolute atomic E-state index is 11.7. The summed E-state index contributed by atoms with van der Waals surface area (Å²) in [5.74, 6) is -2.18. The van der Waals surface area contributed by atoms with Crippen molar-refractivity contribution in [3.8, 4) is 0 Å². The number of carboxylic acid groups (broad SMARTS) is 1. The van der Waals surface area contributed by atoms with E-state index in [1.54, 1.807) is 13.8 Å². The number of urea groups is 1. The molecule has 0 heterocycles. The summed E-state index contributed by atoms with van der Waals surface area (Å²) in [6.45, 7) is 2.93. The van der Waals surface area contributed by atoms with Crippen molar-refractivity contribution >= 4 is 17.9 Å². The van der Waals surface area contributed by atoms with Crippen LogP contribution in [0.4, 0.5) is 4.79 Å². The molecule has 18 heavy (non-hydrogen) atoms. The molecule has 5 N–H and O–H groups in total. The molecule has 0 aliphatic heterocycles. The van der Waals surface area contributed by atoms with Crippen LogP contribution < -0.4 is 11.1 Å². The standard InChI is InChI=1S/C10H19N3O5/c1-10(2,5-14)13(3)9(18)12-6(8(16)17)4-7(11)15/h6,14H,4-5H2,1-3H3,(H2,11,15)(H,12,18)(H,16,17)/t6-/m1/s1. The van der Waals surface area contributed by atoms with E-state index in [4.69, 9.17) is 15.9 Å². The van der Waals surface area contributed by atoms with Gasteiger partial charge in [0.2, 0.25) is 5.91 Å². The van der Waals surface area contributed by atoms with Crippen LogP contribution in [0.2, 0.25) is 0 Å². The molecule has 8 heteroatoms. The maximum Gasteiger partial charge on any atom is 0.326 e. The highest BCUT2D eigenvalue weighted by atomic mass is 16.4. The van der Waals surface area contributed by atoms with Crippen molar-refractivity contribution in [3.05, 3.63) is 0 Å². The molecule has 0 spiro atoms. The lowest BCUT2D eigenvalue weighted by Gasteiger charge is -2.34. The van der Waals surface area contributed by atoms with Gasteiger partial charge >= 0.3 is 12.0 Å². The van der Waals surface area contributed by atoms with Gasteiger partial charge in [-0.3, -0.25) is 4.79 Å². The van der Waals surface area contributed by atoms with E-state index in [1.807, 2.05) is 0 Å². The van der Waals surface area contributed by atoms with Gasteiger partial charge in [-0.15, -0.1) is 0 Å². The molecule has 0 aromatic carbocycles. The highest BCUT2D eigenvalue weighted by molar-refractivity contribution is 5.87. The molecule has 0 unspecified atom stereocenters. The van der Waals surface area contributed by atoms with Crippen LogP contribution in [0.5, 0.6) is 0 Å². The molecular weight excluding hydrogens is 242 g/mol. The van der Waals surface area contributed by atoms with Gasteiger partial charge in [0, 0.05) is 7.05 Å². The number of nitrogens with two attached hydrogens (primary N) is 1. The van der Waals surface area contributed by atoms with Gasteiger partial charge in [0.15, 0.2) is 0 Å². The third kappa shape index (κ3) is 4.58. The fourth-order valence-corrected chi connectivity index (χ4v) is 1.03. The largest absolute Gasteiger partial charge is 0.480 e. The number of primary amides is 1. The number of amides is 3. The van der Waals surface area contributed by atoms with Gasteiger partial charge in [-0.1, -0.05) is 0 Å². The number of hydrogen-bond donors (Lipinski definition) is 4. The lowest BCUT2D eigenvalue weighted by atomic mass is 10.1. The monoisotopic (exact) mass is 261 g/mol. The predicted octanol–water partition coefficient (Wildman–Crippen LogP) is -1.27. The van der Waals surface area contributed by atoms with Crippen molar-refractivity contribution in [1.29, 1.82) is 0 Å². The number of carboxylic acids is 1. The Morgan fingerprint density at radius 3 is 2.22 bits per heavy atom. The van der Waals surface area contributed by atoms with Gasteiger partial charge < -0.3 is 26.2 Å². The summed E-state index contributed by atoms with van der Waals surface area (Å²) in [6, 6.07) is -2.09. The Balaban J connectivity index is 4.70. The van der Waals surface area contributed by atoms with Gasteiger partial charge in [-0.05, 0) is 13.8 Å². The van der Waals surface area contributed by atoms with E-state index in [0.717, 1.165) is 4.90 Å². The van der Waals surface area contributed by atoms with Crippen LogP contribution in [-0.4, -0.2) is 58.3 Å². The van der Waals surface area contributed by atoms with Gasteiger partial charge in [-0.25, -0.2) is 9.59 Å². The topological polar surface area (TPSA) is 133 Å². The zero-order chi connectivity index (χ0) is 14.5. The number of nitrogens with zero attached hydrogens (tertiary/aromatic N) is 1. The minimum atomic E-state index is -1.38. The first-order chi connectivity index (χ1) is 8.11.